The molecular formula is C15H28O2Si. The second kappa shape index (κ2) is 6.74. The van der Waals surface area contributed by atoms with Crippen LogP contribution >= 0.6 is 0 Å². The van der Waals surface area contributed by atoms with Crippen LogP contribution in [0.25, 0.3) is 0 Å². The van der Waals surface area contributed by atoms with Crippen molar-refractivity contribution in [1.29, 1.82) is 0 Å². The molecule has 104 valence electrons. The van der Waals surface area contributed by atoms with Crippen LogP contribution in [0.15, 0.2) is 0 Å². The maximum Gasteiger partial charge on any atom is 0.306 e. The van der Waals surface area contributed by atoms with E-state index in [1.807, 2.05) is 0 Å². The zero-order chi connectivity index (χ0) is 13.0. The molecule has 0 amide bonds. The third-order valence-electron chi connectivity index (χ3n) is 5.38. The minimum atomic E-state index is -0.565. The quantitative estimate of drug-likeness (QED) is 0.794. The SMILES string of the molecule is C[SiH2]CC1CCC(C2CCC(C(=O)O)CC2)CC1. The molecule has 0 radical (unpaired) electrons. The minimum absolute atomic E-state index is 0.0383. The maximum atomic E-state index is 11.0. The van der Waals surface area contributed by atoms with Crippen molar-refractivity contribution in [3.8, 4) is 0 Å². The second-order valence-electron chi connectivity index (χ2n) is 6.52. The molecule has 0 aromatic rings. The summed E-state index contributed by atoms with van der Waals surface area (Å²) in [6, 6.07) is 1.55. The summed E-state index contributed by atoms with van der Waals surface area (Å²) in [5.41, 5.74) is 0. The Labute approximate surface area is 113 Å². The maximum absolute atomic E-state index is 11.0. The van der Waals surface area contributed by atoms with Gasteiger partial charge in [-0.1, -0.05) is 25.4 Å². The molecular weight excluding hydrogens is 240 g/mol. The van der Waals surface area contributed by atoms with E-state index in [2.05, 4.69) is 6.55 Å². The van der Waals surface area contributed by atoms with Crippen molar-refractivity contribution in [2.75, 3.05) is 0 Å². The summed E-state index contributed by atoms with van der Waals surface area (Å²) in [6.45, 7) is 2.43. The van der Waals surface area contributed by atoms with Crippen molar-refractivity contribution in [3.05, 3.63) is 0 Å². The van der Waals surface area contributed by atoms with E-state index in [4.69, 9.17) is 5.11 Å². The van der Waals surface area contributed by atoms with Crippen molar-refractivity contribution in [1.82, 2.24) is 0 Å². The van der Waals surface area contributed by atoms with Gasteiger partial charge in [-0.05, 0) is 56.3 Å². The molecule has 0 spiro atoms. The zero-order valence-electron chi connectivity index (χ0n) is 11.7. The average Bonchev–Trinajstić information content (AvgIpc) is 2.40. The summed E-state index contributed by atoms with van der Waals surface area (Å²) >= 11 is 0. The monoisotopic (exact) mass is 268 g/mol. The fourth-order valence-corrected chi connectivity index (χ4v) is 5.59. The van der Waals surface area contributed by atoms with Crippen molar-refractivity contribution in [2.45, 2.75) is 64.0 Å². The second-order valence-corrected chi connectivity index (χ2v) is 8.10. The summed E-state index contributed by atoms with van der Waals surface area (Å²) < 4.78 is 0. The smallest absolute Gasteiger partial charge is 0.306 e. The largest absolute Gasteiger partial charge is 0.481 e. The van der Waals surface area contributed by atoms with E-state index in [1.54, 1.807) is 6.04 Å². The van der Waals surface area contributed by atoms with Crippen LogP contribution in [0.3, 0.4) is 0 Å². The van der Waals surface area contributed by atoms with Crippen LogP contribution < -0.4 is 0 Å². The van der Waals surface area contributed by atoms with E-state index in [9.17, 15) is 4.79 Å². The Morgan fingerprint density at radius 3 is 1.94 bits per heavy atom. The molecule has 0 atom stereocenters. The Morgan fingerprint density at radius 1 is 1.00 bits per heavy atom. The fraction of sp³-hybridized carbons (Fsp3) is 0.933. The first kappa shape index (κ1) is 14.1. The molecule has 0 unspecified atom stereocenters. The molecule has 2 aliphatic rings. The first-order valence-corrected chi connectivity index (χ1v) is 10.3. The normalized spacial score (nSPS) is 38.1. The lowest BCUT2D eigenvalue weighted by atomic mass is 9.69. The van der Waals surface area contributed by atoms with Crippen LogP contribution in [0.1, 0.15) is 51.4 Å². The van der Waals surface area contributed by atoms with E-state index in [-0.39, 0.29) is 15.4 Å². The van der Waals surface area contributed by atoms with Gasteiger partial charge in [0, 0.05) is 9.52 Å². The number of carbonyl (C=O) groups is 1. The number of hydrogen-bond acceptors (Lipinski definition) is 1. The van der Waals surface area contributed by atoms with Crippen LogP contribution in [0, 0.1) is 23.7 Å². The predicted octanol–water partition coefficient (Wildman–Crippen LogP) is 3.32. The van der Waals surface area contributed by atoms with Crippen molar-refractivity contribution >= 4 is 15.5 Å². The van der Waals surface area contributed by atoms with E-state index in [0.717, 1.165) is 30.6 Å². The summed E-state index contributed by atoms with van der Waals surface area (Å²) in [6.07, 6.45) is 10.0. The molecule has 0 heterocycles. The molecule has 18 heavy (non-hydrogen) atoms. The van der Waals surface area contributed by atoms with Gasteiger partial charge in [-0.25, -0.2) is 0 Å². The third-order valence-corrected chi connectivity index (χ3v) is 6.77. The molecule has 2 rings (SSSR count). The molecule has 0 saturated heterocycles. The van der Waals surface area contributed by atoms with Crippen LogP contribution in [-0.4, -0.2) is 20.6 Å². The van der Waals surface area contributed by atoms with E-state index in [0.29, 0.717) is 0 Å². The topological polar surface area (TPSA) is 37.3 Å². The molecule has 2 aliphatic carbocycles. The minimum Gasteiger partial charge on any atom is -0.481 e. The van der Waals surface area contributed by atoms with Crippen LogP contribution in [0.2, 0.25) is 12.6 Å². The van der Waals surface area contributed by atoms with Gasteiger partial charge in [-0.2, -0.15) is 0 Å². The highest BCUT2D eigenvalue weighted by molar-refractivity contribution is 6.33. The first-order valence-electron chi connectivity index (χ1n) is 7.93. The fourth-order valence-electron chi connectivity index (χ4n) is 4.19. The van der Waals surface area contributed by atoms with Crippen molar-refractivity contribution in [3.63, 3.8) is 0 Å². The third kappa shape index (κ3) is 3.59. The predicted molar refractivity (Wildman–Crippen MR) is 77.7 cm³/mol. The number of rotatable bonds is 4. The molecule has 0 aromatic heterocycles. The van der Waals surface area contributed by atoms with Crippen LogP contribution in [0.5, 0.6) is 0 Å². The summed E-state index contributed by atoms with van der Waals surface area (Å²) in [7, 11) is 0.248. The van der Waals surface area contributed by atoms with Gasteiger partial charge in [0.25, 0.3) is 0 Å². The van der Waals surface area contributed by atoms with E-state index in [1.165, 1.54) is 38.5 Å². The Balaban J connectivity index is 1.73. The summed E-state index contributed by atoms with van der Waals surface area (Å²) in [5.74, 6) is 2.22. The molecule has 1 N–H and O–H groups in total. The Hall–Kier alpha value is -0.313. The molecule has 2 saturated carbocycles. The first-order chi connectivity index (χ1) is 8.70. The molecule has 0 bridgehead atoms. The van der Waals surface area contributed by atoms with Gasteiger partial charge in [0.1, 0.15) is 0 Å². The average molecular weight is 268 g/mol. The van der Waals surface area contributed by atoms with E-state index >= 15 is 0 Å². The van der Waals surface area contributed by atoms with E-state index < -0.39 is 5.97 Å². The van der Waals surface area contributed by atoms with Gasteiger partial charge in [0.15, 0.2) is 0 Å². The van der Waals surface area contributed by atoms with Gasteiger partial charge < -0.3 is 5.11 Å². The molecule has 2 nitrogen and oxygen atoms in total. The Morgan fingerprint density at radius 2 is 1.50 bits per heavy atom. The molecule has 3 heteroatoms. The van der Waals surface area contributed by atoms with Crippen LogP contribution in [-0.2, 0) is 4.79 Å². The molecule has 0 aromatic carbocycles. The van der Waals surface area contributed by atoms with Gasteiger partial charge in [0.05, 0.1) is 5.92 Å². The number of hydrogen-bond donors (Lipinski definition) is 1. The van der Waals surface area contributed by atoms with Crippen LogP contribution in [0.4, 0.5) is 0 Å². The van der Waals surface area contributed by atoms with Crippen molar-refractivity contribution < 1.29 is 9.90 Å². The highest BCUT2D eigenvalue weighted by Gasteiger charge is 2.32. The standard InChI is InChI=1S/C15H28O2Si/c1-18-10-11-2-4-12(5-3-11)13-6-8-14(9-7-13)15(16)17/h11-14H,2-10,18H2,1H3,(H,16,17). The Kier molecular flexibility index (Phi) is 5.28. The van der Waals surface area contributed by atoms with Gasteiger partial charge in [-0.15, -0.1) is 0 Å². The molecule has 2 fully saturated rings. The van der Waals surface area contributed by atoms with Gasteiger partial charge >= 0.3 is 5.97 Å². The molecule has 0 aliphatic heterocycles. The van der Waals surface area contributed by atoms with Gasteiger partial charge in [-0.3, -0.25) is 4.79 Å². The number of aliphatic carboxylic acids is 1. The number of carboxylic acid groups (broad SMARTS) is 1. The van der Waals surface area contributed by atoms with Gasteiger partial charge in [0.2, 0.25) is 0 Å². The summed E-state index contributed by atoms with van der Waals surface area (Å²) in [4.78, 5) is 11.0. The highest BCUT2D eigenvalue weighted by atomic mass is 28.2. The lowest BCUT2D eigenvalue weighted by molar-refractivity contribution is -0.143. The highest BCUT2D eigenvalue weighted by Crippen LogP contribution is 2.41. The summed E-state index contributed by atoms with van der Waals surface area (Å²) in [5, 5.41) is 9.03. The lowest BCUT2D eigenvalue weighted by Crippen LogP contribution is -2.28. The lowest BCUT2D eigenvalue weighted by Gasteiger charge is -2.37. The number of carboxylic acids is 1. The zero-order valence-corrected chi connectivity index (χ0v) is 13.2. The van der Waals surface area contributed by atoms with Crippen molar-refractivity contribution in [2.24, 2.45) is 23.7 Å². The Bertz CT molecular complexity index is 264.